The fourth-order valence-electron chi connectivity index (χ4n) is 2.99. The summed E-state index contributed by atoms with van der Waals surface area (Å²) in [4.78, 5) is 27.6. The Kier molecular flexibility index (Phi) is 11.9. The molecule has 0 bridgehead atoms. The van der Waals surface area contributed by atoms with Crippen molar-refractivity contribution in [1.29, 1.82) is 0 Å². The lowest BCUT2D eigenvalue weighted by Gasteiger charge is -2.23. The van der Waals surface area contributed by atoms with Crippen molar-refractivity contribution in [3.05, 3.63) is 29.8 Å². The van der Waals surface area contributed by atoms with Crippen LogP contribution in [-0.4, -0.2) is 49.1 Å². The Morgan fingerprint density at radius 3 is 2.18 bits per heavy atom. The number of nitrogens with zero attached hydrogens (tertiary/aromatic N) is 2. The van der Waals surface area contributed by atoms with Gasteiger partial charge < -0.3 is 15.5 Å². The molecule has 0 saturated carbocycles. The second-order valence-electron chi connectivity index (χ2n) is 7.32. The van der Waals surface area contributed by atoms with Gasteiger partial charge in [-0.25, -0.2) is 5.48 Å². The summed E-state index contributed by atoms with van der Waals surface area (Å²) < 4.78 is 0. The average molecular weight is 393 g/mol. The highest BCUT2D eigenvalue weighted by atomic mass is 16.5. The summed E-state index contributed by atoms with van der Waals surface area (Å²) in [7, 11) is 4.02. The number of carbonyl (C=O) groups is 2. The van der Waals surface area contributed by atoms with Crippen molar-refractivity contribution in [3.63, 3.8) is 0 Å². The molecule has 0 radical (unpaired) electrons. The Hall–Kier alpha value is -2.12. The number of anilines is 1. The van der Waals surface area contributed by atoms with Gasteiger partial charge in [0.1, 0.15) is 0 Å². The van der Waals surface area contributed by atoms with E-state index in [1.165, 1.54) is 0 Å². The standard InChI is InChI=1S/C21H36N4O3/c1-24(2)19-13-11-18(12-14-19)17-25(16-8-7-15-22)21(27)10-6-4-3-5-9-20(26)23-28/h11-14,28H,3-10,15-17,22H2,1-2H3,(H,23,26). The van der Waals surface area contributed by atoms with Crippen molar-refractivity contribution < 1.29 is 14.8 Å². The number of amides is 2. The van der Waals surface area contributed by atoms with E-state index in [0.29, 0.717) is 25.9 Å². The lowest BCUT2D eigenvalue weighted by atomic mass is 10.1. The lowest BCUT2D eigenvalue weighted by Crippen LogP contribution is -2.31. The molecule has 28 heavy (non-hydrogen) atoms. The van der Waals surface area contributed by atoms with Gasteiger partial charge in [0.2, 0.25) is 11.8 Å². The monoisotopic (exact) mass is 392 g/mol. The van der Waals surface area contributed by atoms with Crippen molar-refractivity contribution in [1.82, 2.24) is 10.4 Å². The van der Waals surface area contributed by atoms with Gasteiger partial charge in [0.15, 0.2) is 0 Å². The number of hydrogen-bond acceptors (Lipinski definition) is 5. The summed E-state index contributed by atoms with van der Waals surface area (Å²) >= 11 is 0. The van der Waals surface area contributed by atoms with Gasteiger partial charge in [-0.1, -0.05) is 25.0 Å². The third kappa shape index (κ3) is 9.71. The molecule has 1 aromatic rings. The fraction of sp³-hybridized carbons (Fsp3) is 0.619. The van der Waals surface area contributed by atoms with Gasteiger partial charge in [0.25, 0.3) is 0 Å². The first-order valence-corrected chi connectivity index (χ1v) is 10.1. The molecule has 2 amide bonds. The smallest absolute Gasteiger partial charge is 0.243 e. The third-order valence-electron chi connectivity index (χ3n) is 4.73. The summed E-state index contributed by atoms with van der Waals surface area (Å²) in [6.45, 7) is 1.98. The molecule has 7 heteroatoms. The topological polar surface area (TPSA) is 98.9 Å². The van der Waals surface area contributed by atoms with E-state index in [4.69, 9.17) is 10.9 Å². The molecule has 0 fully saturated rings. The zero-order chi connectivity index (χ0) is 20.8. The second kappa shape index (κ2) is 14.0. The van der Waals surface area contributed by atoms with Crippen LogP contribution in [0, 0.1) is 0 Å². The van der Waals surface area contributed by atoms with Crippen molar-refractivity contribution in [3.8, 4) is 0 Å². The summed E-state index contributed by atoms with van der Waals surface area (Å²) in [6, 6.07) is 8.29. The molecule has 0 aromatic heterocycles. The molecule has 0 spiro atoms. The van der Waals surface area contributed by atoms with Crippen LogP contribution in [0.25, 0.3) is 0 Å². The van der Waals surface area contributed by atoms with Crippen LogP contribution < -0.4 is 16.1 Å². The first kappa shape index (κ1) is 23.9. The molecule has 4 N–H and O–H groups in total. The highest BCUT2D eigenvalue weighted by Crippen LogP contribution is 2.15. The van der Waals surface area contributed by atoms with E-state index in [1.54, 1.807) is 5.48 Å². The molecule has 0 aliphatic rings. The highest BCUT2D eigenvalue weighted by molar-refractivity contribution is 5.76. The van der Waals surface area contributed by atoms with Gasteiger partial charge in [0, 0.05) is 45.7 Å². The normalized spacial score (nSPS) is 10.6. The number of nitrogens with two attached hydrogens (primary N) is 1. The quantitative estimate of drug-likeness (QED) is 0.257. The summed E-state index contributed by atoms with van der Waals surface area (Å²) in [5, 5.41) is 8.46. The Balaban J connectivity index is 2.48. The number of hydroxylamine groups is 1. The maximum absolute atomic E-state index is 12.7. The van der Waals surface area contributed by atoms with Crippen LogP contribution in [0.1, 0.15) is 56.9 Å². The average Bonchev–Trinajstić information content (AvgIpc) is 2.69. The number of hydrogen-bond donors (Lipinski definition) is 3. The molecule has 1 rings (SSSR count). The first-order chi connectivity index (χ1) is 13.5. The van der Waals surface area contributed by atoms with E-state index < -0.39 is 0 Å². The van der Waals surface area contributed by atoms with Gasteiger partial charge in [-0.15, -0.1) is 0 Å². The minimum absolute atomic E-state index is 0.168. The van der Waals surface area contributed by atoms with Gasteiger partial charge in [-0.2, -0.15) is 0 Å². The first-order valence-electron chi connectivity index (χ1n) is 10.1. The van der Waals surface area contributed by atoms with Crippen LogP contribution in [0.5, 0.6) is 0 Å². The zero-order valence-electron chi connectivity index (χ0n) is 17.3. The van der Waals surface area contributed by atoms with Gasteiger partial charge >= 0.3 is 0 Å². The second-order valence-corrected chi connectivity index (χ2v) is 7.32. The maximum Gasteiger partial charge on any atom is 0.243 e. The molecule has 0 aliphatic heterocycles. The molecule has 0 heterocycles. The van der Waals surface area contributed by atoms with Crippen molar-refractivity contribution >= 4 is 17.5 Å². The van der Waals surface area contributed by atoms with Crippen molar-refractivity contribution in [2.24, 2.45) is 5.73 Å². The lowest BCUT2D eigenvalue weighted by molar-refractivity contribution is -0.132. The van der Waals surface area contributed by atoms with E-state index in [2.05, 4.69) is 29.2 Å². The Morgan fingerprint density at radius 1 is 0.964 bits per heavy atom. The Morgan fingerprint density at radius 2 is 1.61 bits per heavy atom. The van der Waals surface area contributed by atoms with Crippen LogP contribution >= 0.6 is 0 Å². The Labute approximate surface area is 168 Å². The SMILES string of the molecule is CN(C)c1ccc(CN(CCCCN)C(=O)CCCCCCC(=O)NO)cc1. The van der Waals surface area contributed by atoms with Crippen LogP contribution in [0.2, 0.25) is 0 Å². The number of rotatable bonds is 14. The van der Waals surface area contributed by atoms with E-state index >= 15 is 0 Å². The third-order valence-corrected chi connectivity index (χ3v) is 4.73. The summed E-state index contributed by atoms with van der Waals surface area (Å²) in [5.41, 5.74) is 9.49. The predicted molar refractivity (Wildman–Crippen MR) is 112 cm³/mol. The van der Waals surface area contributed by atoms with Crippen LogP contribution in [-0.2, 0) is 16.1 Å². The molecule has 0 aliphatic carbocycles. The van der Waals surface area contributed by atoms with Crippen LogP contribution in [0.4, 0.5) is 5.69 Å². The number of nitrogens with one attached hydrogen (secondary N) is 1. The molecule has 1 aromatic carbocycles. The van der Waals surface area contributed by atoms with E-state index in [0.717, 1.165) is 56.3 Å². The molecule has 0 saturated heterocycles. The molecular formula is C21H36N4O3. The Bertz CT molecular complexity index is 576. The van der Waals surface area contributed by atoms with E-state index in [-0.39, 0.29) is 11.8 Å². The van der Waals surface area contributed by atoms with E-state index in [1.807, 2.05) is 19.0 Å². The molecule has 7 nitrogen and oxygen atoms in total. The van der Waals surface area contributed by atoms with Crippen molar-refractivity contribution in [2.75, 3.05) is 32.1 Å². The van der Waals surface area contributed by atoms with Crippen LogP contribution in [0.15, 0.2) is 24.3 Å². The number of benzene rings is 1. The number of carbonyl (C=O) groups excluding carboxylic acids is 2. The number of unbranched alkanes of at least 4 members (excludes halogenated alkanes) is 4. The minimum atomic E-state index is -0.359. The van der Waals surface area contributed by atoms with Gasteiger partial charge in [0.05, 0.1) is 0 Å². The predicted octanol–water partition coefficient (Wildman–Crippen LogP) is 2.67. The van der Waals surface area contributed by atoms with E-state index in [9.17, 15) is 9.59 Å². The molecular weight excluding hydrogens is 356 g/mol. The molecule has 0 unspecified atom stereocenters. The van der Waals surface area contributed by atoms with Crippen LogP contribution in [0.3, 0.4) is 0 Å². The van der Waals surface area contributed by atoms with Crippen molar-refractivity contribution in [2.45, 2.75) is 57.9 Å². The molecule has 158 valence electrons. The summed E-state index contributed by atoms with van der Waals surface area (Å²) in [5.74, 6) is -0.191. The zero-order valence-corrected chi connectivity index (χ0v) is 17.3. The fourth-order valence-corrected chi connectivity index (χ4v) is 2.99. The minimum Gasteiger partial charge on any atom is -0.378 e. The largest absolute Gasteiger partial charge is 0.378 e. The summed E-state index contributed by atoms with van der Waals surface area (Å²) in [6.07, 6.45) is 5.97. The highest BCUT2D eigenvalue weighted by Gasteiger charge is 2.13. The van der Waals surface area contributed by atoms with Gasteiger partial charge in [-0.05, 0) is 49.9 Å². The van der Waals surface area contributed by atoms with Gasteiger partial charge in [-0.3, -0.25) is 14.8 Å². The molecule has 0 atom stereocenters. The maximum atomic E-state index is 12.7.